The molecule has 2 aromatic heterocycles. The van der Waals surface area contributed by atoms with Crippen molar-refractivity contribution in [1.29, 1.82) is 0 Å². The molecule has 0 spiro atoms. The molecule has 92 valence electrons. The number of nitrogens with zero attached hydrogens (tertiary/aromatic N) is 4. The van der Waals surface area contributed by atoms with Crippen LogP contribution in [0.5, 0.6) is 0 Å². The second-order valence-electron chi connectivity index (χ2n) is 3.79. The molecule has 0 unspecified atom stereocenters. The predicted molar refractivity (Wildman–Crippen MR) is 63.3 cm³/mol. The van der Waals surface area contributed by atoms with Gasteiger partial charge in [-0.3, -0.25) is 0 Å². The molecular weight excluding hydrogens is 218 g/mol. The van der Waals surface area contributed by atoms with Crippen LogP contribution in [0.2, 0.25) is 0 Å². The molecular formula is C11H17N5O. The highest BCUT2D eigenvalue weighted by Gasteiger charge is 2.07. The molecule has 0 bridgehead atoms. The monoisotopic (exact) mass is 235 g/mol. The normalized spacial score (nSPS) is 10.9. The molecule has 0 saturated carbocycles. The van der Waals surface area contributed by atoms with E-state index < -0.39 is 0 Å². The number of rotatable bonds is 7. The van der Waals surface area contributed by atoms with E-state index in [1.54, 1.807) is 11.1 Å². The second kappa shape index (κ2) is 6.15. The van der Waals surface area contributed by atoms with Crippen LogP contribution in [-0.2, 0) is 6.54 Å². The predicted octanol–water partition coefficient (Wildman–Crippen LogP) is 1.32. The molecule has 17 heavy (non-hydrogen) atoms. The van der Waals surface area contributed by atoms with Crippen molar-refractivity contribution < 1.29 is 4.42 Å². The maximum atomic E-state index is 5.20. The number of furan rings is 1. The summed E-state index contributed by atoms with van der Waals surface area (Å²) in [6, 6.07) is 3.63. The molecule has 2 aromatic rings. The number of hydrogen-bond donors (Lipinski definition) is 1. The van der Waals surface area contributed by atoms with E-state index in [0.29, 0.717) is 11.6 Å². The smallest absolute Gasteiger partial charge is 0.240 e. The van der Waals surface area contributed by atoms with Gasteiger partial charge in [0.2, 0.25) is 5.82 Å². The Labute approximate surface area is 100 Å². The van der Waals surface area contributed by atoms with Crippen molar-refractivity contribution in [1.82, 2.24) is 25.5 Å². The Morgan fingerprint density at radius 1 is 1.41 bits per heavy atom. The topological polar surface area (TPSA) is 68.8 Å². The Kier molecular flexibility index (Phi) is 4.26. The SMILES string of the molecule is CCCCNCCn1nnc(-c2ccco2)n1. The summed E-state index contributed by atoms with van der Waals surface area (Å²) >= 11 is 0. The van der Waals surface area contributed by atoms with Crippen molar-refractivity contribution >= 4 is 0 Å². The zero-order valence-corrected chi connectivity index (χ0v) is 9.96. The summed E-state index contributed by atoms with van der Waals surface area (Å²) < 4.78 is 5.20. The van der Waals surface area contributed by atoms with Crippen LogP contribution < -0.4 is 5.32 Å². The molecule has 0 amide bonds. The van der Waals surface area contributed by atoms with Crippen molar-refractivity contribution in [2.75, 3.05) is 13.1 Å². The number of nitrogens with one attached hydrogen (secondary N) is 1. The average molecular weight is 235 g/mol. The third-order valence-electron chi connectivity index (χ3n) is 2.39. The van der Waals surface area contributed by atoms with Gasteiger partial charge >= 0.3 is 0 Å². The number of aromatic nitrogens is 4. The number of tetrazole rings is 1. The summed E-state index contributed by atoms with van der Waals surface area (Å²) in [6.45, 7) is 4.79. The van der Waals surface area contributed by atoms with Gasteiger partial charge in [-0.15, -0.1) is 10.2 Å². The minimum atomic E-state index is 0.531. The van der Waals surface area contributed by atoms with Crippen LogP contribution in [0, 0.1) is 0 Å². The summed E-state index contributed by atoms with van der Waals surface area (Å²) in [5, 5.41) is 15.5. The van der Waals surface area contributed by atoms with E-state index in [4.69, 9.17) is 4.42 Å². The molecule has 6 heteroatoms. The lowest BCUT2D eigenvalue weighted by Gasteiger charge is -2.01. The summed E-state index contributed by atoms with van der Waals surface area (Å²) in [6.07, 6.45) is 4.00. The lowest BCUT2D eigenvalue weighted by Crippen LogP contribution is -2.22. The minimum Gasteiger partial charge on any atom is -0.461 e. The van der Waals surface area contributed by atoms with Gasteiger partial charge in [0, 0.05) is 6.54 Å². The van der Waals surface area contributed by atoms with Crippen LogP contribution in [0.15, 0.2) is 22.8 Å². The largest absolute Gasteiger partial charge is 0.461 e. The first kappa shape index (κ1) is 11.8. The van der Waals surface area contributed by atoms with E-state index in [1.165, 1.54) is 12.8 Å². The van der Waals surface area contributed by atoms with E-state index in [1.807, 2.05) is 12.1 Å². The highest BCUT2D eigenvalue weighted by molar-refractivity contribution is 5.43. The van der Waals surface area contributed by atoms with E-state index in [9.17, 15) is 0 Å². The van der Waals surface area contributed by atoms with Gasteiger partial charge in [-0.1, -0.05) is 13.3 Å². The van der Waals surface area contributed by atoms with Crippen LogP contribution in [0.25, 0.3) is 11.6 Å². The van der Waals surface area contributed by atoms with E-state index in [2.05, 4.69) is 27.7 Å². The number of unbranched alkanes of at least 4 members (excludes halogenated alkanes) is 1. The maximum absolute atomic E-state index is 5.20. The Bertz CT molecular complexity index is 423. The first-order valence-corrected chi connectivity index (χ1v) is 5.92. The first-order valence-electron chi connectivity index (χ1n) is 5.92. The van der Waals surface area contributed by atoms with Crippen molar-refractivity contribution in [2.24, 2.45) is 0 Å². The van der Waals surface area contributed by atoms with Crippen molar-refractivity contribution in [3.8, 4) is 11.6 Å². The standard InChI is InChI=1S/C11H17N5O/c1-2-3-6-12-7-8-16-14-11(13-15-16)10-5-4-9-17-10/h4-5,9,12H,2-3,6-8H2,1H3. The lowest BCUT2D eigenvalue weighted by molar-refractivity contribution is 0.487. The Morgan fingerprint density at radius 2 is 2.35 bits per heavy atom. The molecule has 0 radical (unpaired) electrons. The maximum Gasteiger partial charge on any atom is 0.240 e. The van der Waals surface area contributed by atoms with Gasteiger partial charge in [0.25, 0.3) is 0 Å². The van der Waals surface area contributed by atoms with E-state index >= 15 is 0 Å². The minimum absolute atomic E-state index is 0.531. The Balaban J connectivity index is 1.79. The fourth-order valence-electron chi connectivity index (χ4n) is 1.45. The summed E-state index contributed by atoms with van der Waals surface area (Å²) in [5.41, 5.74) is 0. The molecule has 0 aliphatic heterocycles. The Morgan fingerprint density at radius 3 is 3.12 bits per heavy atom. The summed E-state index contributed by atoms with van der Waals surface area (Å²) in [7, 11) is 0. The van der Waals surface area contributed by atoms with Gasteiger partial charge < -0.3 is 9.73 Å². The van der Waals surface area contributed by atoms with Crippen molar-refractivity contribution in [3.05, 3.63) is 18.4 Å². The van der Waals surface area contributed by atoms with Crippen molar-refractivity contribution in [2.45, 2.75) is 26.3 Å². The Hall–Kier alpha value is -1.69. The lowest BCUT2D eigenvalue weighted by atomic mass is 10.3. The second-order valence-corrected chi connectivity index (χ2v) is 3.79. The van der Waals surface area contributed by atoms with Gasteiger partial charge in [-0.25, -0.2) is 0 Å². The zero-order valence-electron chi connectivity index (χ0n) is 9.96. The van der Waals surface area contributed by atoms with E-state index in [0.717, 1.165) is 19.6 Å². The highest BCUT2D eigenvalue weighted by Crippen LogP contribution is 2.12. The molecule has 2 heterocycles. The van der Waals surface area contributed by atoms with Gasteiger partial charge in [0.05, 0.1) is 12.8 Å². The molecule has 0 atom stereocenters. The fourth-order valence-corrected chi connectivity index (χ4v) is 1.45. The van der Waals surface area contributed by atoms with Crippen molar-refractivity contribution in [3.63, 3.8) is 0 Å². The molecule has 2 rings (SSSR count). The van der Waals surface area contributed by atoms with E-state index in [-0.39, 0.29) is 0 Å². The molecule has 1 N–H and O–H groups in total. The quantitative estimate of drug-likeness (QED) is 0.733. The highest BCUT2D eigenvalue weighted by atomic mass is 16.3. The molecule has 6 nitrogen and oxygen atoms in total. The summed E-state index contributed by atoms with van der Waals surface area (Å²) in [5.74, 6) is 1.18. The van der Waals surface area contributed by atoms with Crippen LogP contribution in [0.1, 0.15) is 19.8 Å². The van der Waals surface area contributed by atoms with Crippen LogP contribution in [-0.4, -0.2) is 33.3 Å². The summed E-state index contributed by atoms with van der Waals surface area (Å²) in [4.78, 5) is 1.58. The third-order valence-corrected chi connectivity index (χ3v) is 2.39. The van der Waals surface area contributed by atoms with Crippen LogP contribution >= 0.6 is 0 Å². The number of hydrogen-bond acceptors (Lipinski definition) is 5. The fraction of sp³-hybridized carbons (Fsp3) is 0.545. The van der Waals surface area contributed by atoms with Crippen LogP contribution in [0.3, 0.4) is 0 Å². The zero-order chi connectivity index (χ0) is 11.9. The van der Waals surface area contributed by atoms with Gasteiger partial charge in [0.15, 0.2) is 5.76 Å². The molecule has 0 saturated heterocycles. The average Bonchev–Trinajstić information content (AvgIpc) is 2.99. The molecule has 0 aliphatic rings. The molecule has 0 aliphatic carbocycles. The molecule has 0 aromatic carbocycles. The molecule has 0 fully saturated rings. The van der Waals surface area contributed by atoms with Gasteiger partial charge in [-0.05, 0) is 30.3 Å². The first-order chi connectivity index (χ1) is 8.40. The van der Waals surface area contributed by atoms with Gasteiger partial charge in [-0.2, -0.15) is 4.80 Å². The van der Waals surface area contributed by atoms with Gasteiger partial charge in [0.1, 0.15) is 0 Å². The third kappa shape index (κ3) is 3.39. The van der Waals surface area contributed by atoms with Crippen LogP contribution in [0.4, 0.5) is 0 Å².